The van der Waals surface area contributed by atoms with Gasteiger partial charge in [0, 0.05) is 0 Å². The first-order valence-electron chi connectivity index (χ1n) is 6.11. The predicted molar refractivity (Wildman–Crippen MR) is 81.3 cm³/mol. The number of anilines is 1. The van der Waals surface area contributed by atoms with Crippen molar-refractivity contribution in [3.63, 3.8) is 0 Å². The van der Waals surface area contributed by atoms with Crippen molar-refractivity contribution in [3.8, 4) is 0 Å². The molecule has 0 spiro atoms. The molecule has 0 saturated heterocycles. The maximum atomic E-state index is 13.2. The van der Waals surface area contributed by atoms with Gasteiger partial charge in [-0.3, -0.25) is 0 Å². The summed E-state index contributed by atoms with van der Waals surface area (Å²) in [6.07, 6.45) is 0. The zero-order valence-electron chi connectivity index (χ0n) is 10.6. The van der Waals surface area contributed by atoms with Crippen LogP contribution >= 0.6 is 23.2 Å². The van der Waals surface area contributed by atoms with E-state index in [1.165, 1.54) is 0 Å². The van der Waals surface area contributed by atoms with Crippen molar-refractivity contribution in [2.24, 2.45) is 0 Å². The van der Waals surface area contributed by atoms with Gasteiger partial charge in [0.05, 0.1) is 32.4 Å². The second-order valence-electron chi connectivity index (χ2n) is 4.76. The Morgan fingerprint density at radius 2 is 1.76 bits per heavy atom. The van der Waals surface area contributed by atoms with E-state index in [9.17, 15) is 12.8 Å². The molecule has 7 heteroatoms. The van der Waals surface area contributed by atoms with E-state index < -0.39 is 21.7 Å². The fraction of sp³-hybridized carbons (Fsp3) is 0.143. The van der Waals surface area contributed by atoms with Gasteiger partial charge in [-0.2, -0.15) is 0 Å². The van der Waals surface area contributed by atoms with E-state index in [0.29, 0.717) is 16.1 Å². The standard InChI is InChI=1S/C14H10Cl2FNO2S/c15-10-5-8(17)6-11(16)14(10)18-12-7-21(19,20)13-4-2-1-3-9(12)13/h1-6,12,18H,7H2. The first kappa shape index (κ1) is 14.6. The average Bonchev–Trinajstić information content (AvgIpc) is 2.66. The normalized spacial score (nSPS) is 19.3. The minimum Gasteiger partial charge on any atom is -0.375 e. The number of fused-ring (bicyclic) bond motifs is 1. The van der Waals surface area contributed by atoms with Gasteiger partial charge in [0.15, 0.2) is 9.84 Å². The first-order chi connectivity index (χ1) is 9.88. The first-order valence-corrected chi connectivity index (χ1v) is 8.52. The van der Waals surface area contributed by atoms with E-state index in [1.807, 2.05) is 0 Å². The van der Waals surface area contributed by atoms with Crippen LogP contribution in [0.2, 0.25) is 10.0 Å². The minimum atomic E-state index is -3.33. The van der Waals surface area contributed by atoms with Crippen molar-refractivity contribution in [2.75, 3.05) is 11.1 Å². The Morgan fingerprint density at radius 3 is 2.43 bits per heavy atom. The van der Waals surface area contributed by atoms with Gasteiger partial charge in [-0.05, 0) is 23.8 Å². The summed E-state index contributed by atoms with van der Waals surface area (Å²) in [6.45, 7) is 0. The summed E-state index contributed by atoms with van der Waals surface area (Å²) in [5.41, 5.74) is 0.991. The molecule has 0 aromatic heterocycles. The number of nitrogens with one attached hydrogen (secondary N) is 1. The summed E-state index contributed by atoms with van der Waals surface area (Å²) in [4.78, 5) is 0.303. The summed E-state index contributed by atoms with van der Waals surface area (Å²) in [5, 5.41) is 3.23. The van der Waals surface area contributed by atoms with Crippen LogP contribution in [0.15, 0.2) is 41.3 Å². The second-order valence-corrected chi connectivity index (χ2v) is 7.58. The van der Waals surface area contributed by atoms with E-state index in [1.54, 1.807) is 24.3 Å². The topological polar surface area (TPSA) is 46.2 Å². The van der Waals surface area contributed by atoms with E-state index >= 15 is 0 Å². The molecule has 3 nitrogen and oxygen atoms in total. The lowest BCUT2D eigenvalue weighted by Crippen LogP contribution is -2.13. The van der Waals surface area contributed by atoms with Gasteiger partial charge >= 0.3 is 0 Å². The molecule has 21 heavy (non-hydrogen) atoms. The Labute approximate surface area is 131 Å². The molecule has 0 saturated carbocycles. The van der Waals surface area contributed by atoms with E-state index in [4.69, 9.17) is 23.2 Å². The third-order valence-electron chi connectivity index (χ3n) is 3.34. The molecule has 2 aromatic rings. The largest absolute Gasteiger partial charge is 0.375 e. The predicted octanol–water partition coefficient (Wildman–Crippen LogP) is 4.07. The van der Waals surface area contributed by atoms with E-state index in [2.05, 4.69) is 5.32 Å². The van der Waals surface area contributed by atoms with Gasteiger partial charge in [0.25, 0.3) is 0 Å². The third kappa shape index (κ3) is 2.61. The summed E-state index contributed by atoms with van der Waals surface area (Å²) in [5.74, 6) is -0.633. The Morgan fingerprint density at radius 1 is 1.14 bits per heavy atom. The molecule has 0 bridgehead atoms. The fourth-order valence-electron chi connectivity index (χ4n) is 2.42. The number of benzene rings is 2. The molecule has 1 atom stereocenters. The van der Waals surface area contributed by atoms with Crippen LogP contribution in [0.1, 0.15) is 11.6 Å². The Kier molecular flexibility index (Phi) is 3.59. The summed E-state index contributed by atoms with van der Waals surface area (Å²) in [7, 11) is -3.33. The van der Waals surface area contributed by atoms with Gasteiger partial charge in [-0.25, -0.2) is 12.8 Å². The molecule has 2 aromatic carbocycles. The van der Waals surface area contributed by atoms with Gasteiger partial charge in [0.2, 0.25) is 0 Å². The Bertz CT molecular complexity index is 800. The lowest BCUT2D eigenvalue weighted by molar-refractivity contribution is 0.598. The smallest absolute Gasteiger partial charge is 0.181 e. The molecule has 0 aliphatic carbocycles. The van der Waals surface area contributed by atoms with Crippen LogP contribution in [0.3, 0.4) is 0 Å². The maximum absolute atomic E-state index is 13.2. The molecule has 0 amide bonds. The summed E-state index contributed by atoms with van der Waals surface area (Å²) < 4.78 is 37.4. The number of hydrogen-bond acceptors (Lipinski definition) is 3. The van der Waals surface area contributed by atoms with Crippen molar-refractivity contribution >= 4 is 38.7 Å². The van der Waals surface area contributed by atoms with Crippen LogP contribution in [0.5, 0.6) is 0 Å². The molecule has 0 fully saturated rings. The lowest BCUT2D eigenvalue weighted by Gasteiger charge is -2.16. The molecule has 1 heterocycles. The minimum absolute atomic E-state index is 0.0869. The van der Waals surface area contributed by atoms with Crippen molar-refractivity contribution in [3.05, 3.63) is 57.8 Å². The Hall–Kier alpha value is -1.30. The quantitative estimate of drug-likeness (QED) is 0.892. The maximum Gasteiger partial charge on any atom is 0.181 e. The van der Waals surface area contributed by atoms with Gasteiger partial charge in [-0.1, -0.05) is 41.4 Å². The highest BCUT2D eigenvalue weighted by molar-refractivity contribution is 7.91. The number of sulfone groups is 1. The molecule has 1 aliphatic rings. The molecule has 1 N–H and O–H groups in total. The van der Waals surface area contributed by atoms with Crippen molar-refractivity contribution in [1.29, 1.82) is 0 Å². The number of rotatable bonds is 2. The van der Waals surface area contributed by atoms with Gasteiger partial charge in [-0.15, -0.1) is 0 Å². The molecule has 0 radical (unpaired) electrons. The zero-order valence-corrected chi connectivity index (χ0v) is 12.9. The monoisotopic (exact) mass is 345 g/mol. The second kappa shape index (κ2) is 5.16. The average molecular weight is 346 g/mol. The number of hydrogen-bond donors (Lipinski definition) is 1. The zero-order chi connectivity index (χ0) is 15.2. The SMILES string of the molecule is O=S1(=O)CC(Nc2c(Cl)cc(F)cc2Cl)c2ccccc21. The van der Waals surface area contributed by atoms with Gasteiger partial charge < -0.3 is 5.32 Å². The van der Waals surface area contributed by atoms with Crippen LogP contribution in [0.25, 0.3) is 0 Å². The third-order valence-corrected chi connectivity index (χ3v) is 5.75. The van der Waals surface area contributed by atoms with Crippen molar-refractivity contribution < 1.29 is 12.8 Å². The highest BCUT2D eigenvalue weighted by Gasteiger charge is 2.34. The van der Waals surface area contributed by atoms with Crippen molar-refractivity contribution in [2.45, 2.75) is 10.9 Å². The van der Waals surface area contributed by atoms with Crippen LogP contribution in [-0.4, -0.2) is 14.2 Å². The number of halogens is 3. The van der Waals surface area contributed by atoms with Crippen LogP contribution < -0.4 is 5.32 Å². The molecule has 1 aliphatic heterocycles. The molecular weight excluding hydrogens is 336 g/mol. The molecule has 110 valence electrons. The fourth-order valence-corrected chi connectivity index (χ4v) is 4.73. The van der Waals surface area contributed by atoms with Crippen LogP contribution in [0.4, 0.5) is 10.1 Å². The van der Waals surface area contributed by atoms with Crippen molar-refractivity contribution in [1.82, 2.24) is 0 Å². The Balaban J connectivity index is 2.02. The van der Waals surface area contributed by atoms with Crippen LogP contribution in [0, 0.1) is 5.82 Å². The van der Waals surface area contributed by atoms with Crippen LogP contribution in [-0.2, 0) is 9.84 Å². The molecule has 1 unspecified atom stereocenters. The van der Waals surface area contributed by atoms with Gasteiger partial charge in [0.1, 0.15) is 5.82 Å². The molecule has 3 rings (SSSR count). The van der Waals surface area contributed by atoms with E-state index in [-0.39, 0.29) is 15.8 Å². The summed E-state index contributed by atoms with van der Waals surface area (Å²) in [6, 6.07) is 8.55. The summed E-state index contributed by atoms with van der Waals surface area (Å²) >= 11 is 11.9. The highest BCUT2D eigenvalue weighted by Crippen LogP contribution is 2.39. The molecular formula is C14H10Cl2FNO2S. The highest BCUT2D eigenvalue weighted by atomic mass is 35.5. The lowest BCUT2D eigenvalue weighted by atomic mass is 10.1. The van der Waals surface area contributed by atoms with E-state index in [0.717, 1.165) is 12.1 Å².